The number of carbonyl (C=O) groups excluding carboxylic acids is 2. The lowest BCUT2D eigenvalue weighted by molar-refractivity contribution is -0.152. The molecule has 0 spiro atoms. The van der Waals surface area contributed by atoms with Crippen LogP contribution in [0.2, 0.25) is 5.02 Å². The van der Waals surface area contributed by atoms with Gasteiger partial charge in [-0.2, -0.15) is 13.2 Å². The van der Waals surface area contributed by atoms with E-state index in [1.165, 1.54) is 13.0 Å². The predicted molar refractivity (Wildman–Crippen MR) is 107 cm³/mol. The average Bonchev–Trinajstić information content (AvgIpc) is 3.20. The van der Waals surface area contributed by atoms with Gasteiger partial charge < -0.3 is 9.84 Å². The van der Waals surface area contributed by atoms with E-state index in [0.29, 0.717) is 11.1 Å². The number of benzene rings is 2. The Hall–Kier alpha value is -3.27. The summed E-state index contributed by atoms with van der Waals surface area (Å²) in [7, 11) is 0. The zero-order valence-corrected chi connectivity index (χ0v) is 17.3. The number of urea groups is 1. The summed E-state index contributed by atoms with van der Waals surface area (Å²) >= 11 is 6.23. The summed E-state index contributed by atoms with van der Waals surface area (Å²) in [6, 6.07) is 6.37. The number of amides is 3. The summed E-state index contributed by atoms with van der Waals surface area (Å²) in [6.07, 6.45) is -4.45. The summed E-state index contributed by atoms with van der Waals surface area (Å²) in [4.78, 5) is 38.8. The number of nitrogens with zero attached hydrogens (tertiary/aromatic N) is 2. The van der Waals surface area contributed by atoms with Gasteiger partial charge in [0.15, 0.2) is 0 Å². The molecule has 0 radical (unpaired) electrons. The van der Waals surface area contributed by atoms with Gasteiger partial charge in [-0.25, -0.2) is 9.59 Å². The van der Waals surface area contributed by atoms with Gasteiger partial charge in [0.25, 0.3) is 5.91 Å². The molecule has 2 aromatic rings. The second kappa shape index (κ2) is 7.40. The lowest BCUT2D eigenvalue weighted by Gasteiger charge is -2.18. The first-order valence-electron chi connectivity index (χ1n) is 9.42. The van der Waals surface area contributed by atoms with Crippen molar-refractivity contribution in [3.8, 4) is 5.75 Å². The zero-order valence-electron chi connectivity index (χ0n) is 16.6. The van der Waals surface area contributed by atoms with Crippen LogP contribution in [0.4, 0.5) is 23.7 Å². The molecule has 4 rings (SSSR count). The molecule has 168 valence electrons. The summed E-state index contributed by atoms with van der Waals surface area (Å²) in [5, 5.41) is 9.52. The highest BCUT2D eigenvalue weighted by atomic mass is 35.5. The molecule has 3 amide bonds. The molecule has 2 aliphatic rings. The van der Waals surface area contributed by atoms with Gasteiger partial charge in [-0.3, -0.25) is 14.6 Å². The van der Waals surface area contributed by atoms with Crippen LogP contribution in [0.1, 0.15) is 23.6 Å². The molecule has 2 heterocycles. The SMILES string of the molecule is CC1(C(=O)O)Cc2cc(CN3C(=O)CN(c4ccc(C(F)(F)F)cc4)C3=O)cc(Cl)c2O1. The number of fused-ring (bicyclic) bond motifs is 1. The number of carboxylic acid groups (broad SMARTS) is 1. The maximum Gasteiger partial charge on any atom is 0.416 e. The van der Waals surface area contributed by atoms with E-state index in [4.69, 9.17) is 16.3 Å². The maximum atomic E-state index is 12.8. The molecule has 0 aromatic heterocycles. The van der Waals surface area contributed by atoms with E-state index in [0.717, 1.165) is 34.1 Å². The predicted octanol–water partition coefficient (Wildman–Crippen LogP) is 4.11. The number of ether oxygens (including phenoxy) is 1. The van der Waals surface area contributed by atoms with Gasteiger partial charge in [0.2, 0.25) is 5.60 Å². The van der Waals surface area contributed by atoms with Crippen LogP contribution < -0.4 is 9.64 Å². The van der Waals surface area contributed by atoms with E-state index < -0.39 is 35.2 Å². The number of imide groups is 1. The molecule has 0 bridgehead atoms. The topological polar surface area (TPSA) is 87.2 Å². The van der Waals surface area contributed by atoms with E-state index in [-0.39, 0.29) is 36.0 Å². The van der Waals surface area contributed by atoms with Crippen LogP contribution in [-0.4, -0.2) is 40.1 Å². The number of alkyl halides is 3. The van der Waals surface area contributed by atoms with Crippen molar-refractivity contribution in [2.75, 3.05) is 11.4 Å². The monoisotopic (exact) mass is 468 g/mol. The first kappa shape index (κ1) is 21.9. The summed E-state index contributed by atoms with van der Waals surface area (Å²) in [5.41, 5.74) is -1.14. The molecule has 7 nitrogen and oxygen atoms in total. The van der Waals surface area contributed by atoms with Crippen molar-refractivity contribution in [1.29, 1.82) is 0 Å². The summed E-state index contributed by atoms with van der Waals surface area (Å²) < 4.78 is 43.8. The Balaban J connectivity index is 1.54. The van der Waals surface area contributed by atoms with Crippen molar-refractivity contribution in [2.45, 2.75) is 31.7 Å². The first-order valence-corrected chi connectivity index (χ1v) is 9.80. The summed E-state index contributed by atoms with van der Waals surface area (Å²) in [5.74, 6) is -1.44. The highest BCUT2D eigenvalue weighted by Gasteiger charge is 2.44. The minimum atomic E-state index is -4.51. The van der Waals surface area contributed by atoms with Crippen LogP contribution in [0.5, 0.6) is 5.75 Å². The van der Waals surface area contributed by atoms with Crippen LogP contribution in [0, 0.1) is 0 Å². The molecule has 1 fully saturated rings. The second-order valence-electron chi connectivity index (χ2n) is 7.77. The van der Waals surface area contributed by atoms with Gasteiger partial charge in [-0.05, 0) is 42.8 Å². The van der Waals surface area contributed by atoms with Crippen molar-refractivity contribution in [3.05, 3.63) is 58.1 Å². The van der Waals surface area contributed by atoms with E-state index in [1.807, 2.05) is 0 Å². The van der Waals surface area contributed by atoms with Crippen LogP contribution in [0.3, 0.4) is 0 Å². The molecule has 32 heavy (non-hydrogen) atoms. The molecule has 2 aliphatic heterocycles. The molecule has 1 saturated heterocycles. The third-order valence-electron chi connectivity index (χ3n) is 5.39. The second-order valence-corrected chi connectivity index (χ2v) is 8.18. The summed E-state index contributed by atoms with van der Waals surface area (Å²) in [6.45, 7) is 0.968. The van der Waals surface area contributed by atoms with Crippen molar-refractivity contribution in [1.82, 2.24) is 4.90 Å². The Morgan fingerprint density at radius 1 is 1.22 bits per heavy atom. The van der Waals surface area contributed by atoms with E-state index in [1.54, 1.807) is 6.07 Å². The maximum absolute atomic E-state index is 12.8. The minimum absolute atomic E-state index is 0.0603. The van der Waals surface area contributed by atoms with E-state index in [9.17, 15) is 32.7 Å². The van der Waals surface area contributed by atoms with Crippen molar-refractivity contribution in [2.24, 2.45) is 0 Å². The Kier molecular flexibility index (Phi) is 5.08. The van der Waals surface area contributed by atoms with Gasteiger partial charge in [0.1, 0.15) is 12.3 Å². The largest absolute Gasteiger partial charge is 0.478 e. The quantitative estimate of drug-likeness (QED) is 0.682. The number of aliphatic carboxylic acids is 1. The molecule has 2 aromatic carbocycles. The molecule has 11 heteroatoms. The fourth-order valence-electron chi connectivity index (χ4n) is 3.70. The fraction of sp³-hybridized carbons (Fsp3) is 0.286. The van der Waals surface area contributed by atoms with E-state index in [2.05, 4.69) is 0 Å². The van der Waals surface area contributed by atoms with Gasteiger partial charge in [0.05, 0.1) is 17.1 Å². The lowest BCUT2D eigenvalue weighted by Crippen LogP contribution is -2.39. The fourth-order valence-corrected chi connectivity index (χ4v) is 4.00. The van der Waals surface area contributed by atoms with Crippen LogP contribution in [-0.2, 0) is 28.7 Å². The number of hydrogen-bond acceptors (Lipinski definition) is 4. The van der Waals surface area contributed by atoms with E-state index >= 15 is 0 Å². The normalized spacial score (nSPS) is 20.5. The number of anilines is 1. The van der Waals surface area contributed by atoms with Crippen LogP contribution in [0.15, 0.2) is 36.4 Å². The van der Waals surface area contributed by atoms with Crippen LogP contribution >= 0.6 is 11.6 Å². The van der Waals surface area contributed by atoms with Crippen molar-refractivity contribution >= 4 is 35.2 Å². The molecule has 0 aliphatic carbocycles. The van der Waals surface area contributed by atoms with Gasteiger partial charge >= 0.3 is 18.2 Å². The first-order chi connectivity index (χ1) is 14.9. The highest BCUT2D eigenvalue weighted by molar-refractivity contribution is 6.32. The Bertz CT molecular complexity index is 1140. The lowest BCUT2D eigenvalue weighted by atomic mass is 9.98. The minimum Gasteiger partial charge on any atom is -0.478 e. The smallest absolute Gasteiger partial charge is 0.416 e. The average molecular weight is 469 g/mol. The van der Waals surface area contributed by atoms with Gasteiger partial charge in [-0.15, -0.1) is 0 Å². The zero-order chi connectivity index (χ0) is 23.4. The molecule has 1 atom stereocenters. The number of halogens is 4. The third-order valence-corrected chi connectivity index (χ3v) is 5.67. The standard InChI is InChI=1S/C21H16ClF3N2O5/c1-20(18(29)30)8-12-6-11(7-15(22)17(12)32-20)9-27-16(28)10-26(19(27)31)14-4-2-13(3-5-14)21(23,24)25/h2-7H,8-10H2,1H3,(H,29,30). The number of hydrogen-bond donors (Lipinski definition) is 1. The number of rotatable bonds is 4. The van der Waals surface area contributed by atoms with Crippen molar-refractivity contribution < 1.29 is 37.4 Å². The number of carboxylic acids is 1. The van der Waals surface area contributed by atoms with Gasteiger partial charge in [-0.1, -0.05) is 17.7 Å². The highest BCUT2D eigenvalue weighted by Crippen LogP contribution is 2.41. The van der Waals surface area contributed by atoms with Crippen molar-refractivity contribution in [3.63, 3.8) is 0 Å². The molecule has 1 N–H and O–H groups in total. The molecule has 1 unspecified atom stereocenters. The van der Waals surface area contributed by atoms with Gasteiger partial charge in [0, 0.05) is 17.7 Å². The molecular formula is C21H16ClF3N2O5. The number of carbonyl (C=O) groups is 3. The van der Waals surface area contributed by atoms with Crippen LogP contribution in [0.25, 0.3) is 0 Å². The molecular weight excluding hydrogens is 453 g/mol. The molecule has 0 saturated carbocycles. The Morgan fingerprint density at radius 2 is 1.88 bits per heavy atom. The Morgan fingerprint density at radius 3 is 2.47 bits per heavy atom. The third kappa shape index (κ3) is 3.75. The Labute approximate surface area is 184 Å².